The van der Waals surface area contributed by atoms with Crippen LogP contribution < -0.4 is 4.74 Å². The molecule has 0 aliphatic rings. The normalized spacial score (nSPS) is 13.3. The van der Waals surface area contributed by atoms with Crippen LogP contribution in [0.15, 0.2) is 59.0 Å². The van der Waals surface area contributed by atoms with Gasteiger partial charge in [0, 0.05) is 29.3 Å². The minimum Gasteiger partial charge on any atom is -0.493 e. The highest BCUT2D eigenvalue weighted by molar-refractivity contribution is 7.56. The maximum absolute atomic E-state index is 11.8. The third kappa shape index (κ3) is 5.85. The van der Waals surface area contributed by atoms with Crippen molar-refractivity contribution in [2.24, 2.45) is 0 Å². The second-order valence-electron chi connectivity index (χ2n) is 7.91. The Kier molecular flexibility index (Phi) is 6.82. The Labute approximate surface area is 194 Å². The van der Waals surface area contributed by atoms with Crippen molar-refractivity contribution in [2.45, 2.75) is 19.0 Å². The van der Waals surface area contributed by atoms with Gasteiger partial charge >= 0.3 is 15.2 Å². The summed E-state index contributed by atoms with van der Waals surface area (Å²) in [6.07, 6.45) is -0.450. The van der Waals surface area contributed by atoms with Gasteiger partial charge in [0.2, 0.25) is 5.89 Å². The van der Waals surface area contributed by atoms with Crippen molar-refractivity contribution in [2.75, 3.05) is 12.8 Å². The molecule has 4 aromatic rings. The third-order valence-corrected chi connectivity index (χ3v) is 7.71. The Morgan fingerprint density at radius 3 is 2.47 bits per heavy atom. The minimum absolute atomic E-state index is 0.0514. The minimum atomic E-state index is -4.81. The smallest absolute Gasteiger partial charge is 0.335 e. The van der Waals surface area contributed by atoms with Crippen LogP contribution in [0.1, 0.15) is 22.8 Å². The Bertz CT molecular complexity index is 1390. The monoisotopic (exact) mass is 506 g/mol. The highest BCUT2D eigenvalue weighted by atomic mass is 31.2. The molecule has 2 aromatic heterocycles. The molecule has 1 atom stereocenters. The van der Waals surface area contributed by atoms with Crippen molar-refractivity contribution < 1.29 is 37.9 Å². The van der Waals surface area contributed by atoms with Crippen molar-refractivity contribution in [1.82, 2.24) is 9.97 Å². The number of hydrogen-bond donors (Lipinski definition) is 5. The summed E-state index contributed by atoms with van der Waals surface area (Å²) in [6, 6.07) is 16.1. The molecule has 4 rings (SSSR count). The summed E-state index contributed by atoms with van der Waals surface area (Å²) in [6.45, 7) is 2.17. The number of aryl methyl sites for hydroxylation is 1. The topological polar surface area (TPSA) is 166 Å². The highest BCUT2D eigenvalue weighted by Crippen LogP contribution is 2.57. The average molecular weight is 506 g/mol. The van der Waals surface area contributed by atoms with Crippen LogP contribution in [0.25, 0.3) is 22.4 Å². The lowest BCUT2D eigenvalue weighted by Gasteiger charge is -2.17. The molecule has 180 valence electrons. The fraction of sp³-hybridized carbons (Fsp3) is 0.227. The summed E-state index contributed by atoms with van der Waals surface area (Å²) < 4.78 is 34.8. The molecule has 2 heterocycles. The third-order valence-electron chi connectivity index (χ3n) is 5.31. The molecule has 0 saturated heterocycles. The fourth-order valence-electron chi connectivity index (χ4n) is 3.64. The number of rotatable bonds is 9. The van der Waals surface area contributed by atoms with Crippen molar-refractivity contribution in [3.8, 4) is 17.2 Å². The Morgan fingerprint density at radius 2 is 1.79 bits per heavy atom. The predicted octanol–water partition coefficient (Wildman–Crippen LogP) is 4.15. The van der Waals surface area contributed by atoms with Crippen LogP contribution in [0.5, 0.6) is 5.75 Å². The van der Waals surface area contributed by atoms with Gasteiger partial charge in [-0.1, -0.05) is 18.2 Å². The van der Waals surface area contributed by atoms with Crippen LogP contribution in [0.2, 0.25) is 0 Å². The molecule has 34 heavy (non-hydrogen) atoms. The van der Waals surface area contributed by atoms with E-state index in [1.54, 1.807) is 18.2 Å². The molecular formula is C22H24N2O8P2. The first-order valence-electron chi connectivity index (χ1n) is 10.4. The quantitative estimate of drug-likeness (QED) is 0.210. The molecule has 0 amide bonds. The lowest BCUT2D eigenvalue weighted by Crippen LogP contribution is -2.06. The number of nitrogens with one attached hydrogen (secondary N) is 1. The maximum Gasteiger partial charge on any atom is 0.335 e. The molecule has 0 aliphatic heterocycles. The Morgan fingerprint density at radius 1 is 1.06 bits per heavy atom. The lowest BCUT2D eigenvalue weighted by molar-refractivity contribution is 0.320. The van der Waals surface area contributed by atoms with E-state index in [4.69, 9.17) is 9.15 Å². The molecule has 0 aliphatic carbocycles. The molecule has 0 saturated carbocycles. The number of ether oxygens (including phenoxy) is 1. The summed E-state index contributed by atoms with van der Waals surface area (Å²) in [5.41, 5.74) is 0.609. The van der Waals surface area contributed by atoms with Gasteiger partial charge in [-0.15, -0.1) is 0 Å². The molecule has 12 heteroatoms. The second-order valence-corrected chi connectivity index (χ2v) is 11.4. The van der Waals surface area contributed by atoms with E-state index >= 15 is 0 Å². The van der Waals surface area contributed by atoms with E-state index in [9.17, 15) is 28.7 Å². The fourth-order valence-corrected chi connectivity index (χ4v) is 6.28. The number of benzene rings is 2. The van der Waals surface area contributed by atoms with E-state index in [-0.39, 0.29) is 5.69 Å². The van der Waals surface area contributed by atoms with E-state index in [0.717, 1.165) is 11.3 Å². The van der Waals surface area contributed by atoms with Gasteiger partial charge in [0.05, 0.1) is 18.5 Å². The van der Waals surface area contributed by atoms with Crippen LogP contribution in [-0.2, 0) is 15.6 Å². The van der Waals surface area contributed by atoms with Gasteiger partial charge in [0.15, 0.2) is 0 Å². The van der Waals surface area contributed by atoms with Gasteiger partial charge in [-0.25, -0.2) is 4.98 Å². The van der Waals surface area contributed by atoms with Crippen molar-refractivity contribution in [3.05, 3.63) is 71.7 Å². The number of H-pyrrole nitrogens is 1. The predicted molar refractivity (Wildman–Crippen MR) is 126 cm³/mol. The molecule has 0 fully saturated rings. The highest BCUT2D eigenvalue weighted by Gasteiger charge is 2.37. The van der Waals surface area contributed by atoms with E-state index in [1.165, 1.54) is 6.07 Å². The first-order valence-corrected chi connectivity index (χ1v) is 13.8. The van der Waals surface area contributed by atoms with Crippen molar-refractivity contribution >= 4 is 26.1 Å². The first-order chi connectivity index (χ1) is 16.0. The molecule has 0 bridgehead atoms. The Balaban J connectivity index is 1.46. The number of nitrogens with zero attached hydrogens (tertiary/aromatic N) is 1. The van der Waals surface area contributed by atoms with E-state index in [1.807, 2.05) is 37.3 Å². The van der Waals surface area contributed by atoms with Crippen LogP contribution in [0.4, 0.5) is 0 Å². The lowest BCUT2D eigenvalue weighted by atomic mass is 10.2. The molecule has 5 N–H and O–H groups in total. The molecule has 0 spiro atoms. The zero-order valence-electron chi connectivity index (χ0n) is 18.2. The van der Waals surface area contributed by atoms with Crippen molar-refractivity contribution in [1.29, 1.82) is 0 Å². The number of aromatic amines is 1. The number of fused-ring (bicyclic) bond motifs is 1. The summed E-state index contributed by atoms with van der Waals surface area (Å²) in [5.74, 6) is 1.77. The maximum atomic E-state index is 11.8. The Hall–Kier alpha value is -2.71. The first kappa shape index (κ1) is 24.4. The van der Waals surface area contributed by atoms with E-state index < -0.39 is 27.0 Å². The SMILES string of the molecule is Cc1oc(-c2ccccc2)nc1CCOc1ccc2cc(C(CP(=O)(O)O)P(=O)(O)O)[nH]c2c1. The molecule has 10 nitrogen and oxygen atoms in total. The van der Waals surface area contributed by atoms with Gasteiger partial charge in [-0.05, 0) is 42.6 Å². The van der Waals surface area contributed by atoms with Gasteiger partial charge in [-0.3, -0.25) is 9.13 Å². The van der Waals surface area contributed by atoms with Gasteiger partial charge < -0.3 is 33.7 Å². The molecule has 2 aromatic carbocycles. The summed E-state index contributed by atoms with van der Waals surface area (Å²) in [4.78, 5) is 45.1. The zero-order chi connectivity index (χ0) is 24.5. The average Bonchev–Trinajstić information content (AvgIpc) is 3.34. The largest absolute Gasteiger partial charge is 0.493 e. The number of aromatic nitrogens is 2. The van der Waals surface area contributed by atoms with Crippen LogP contribution in [0, 0.1) is 6.92 Å². The van der Waals surface area contributed by atoms with Crippen LogP contribution in [-0.4, -0.2) is 42.3 Å². The standard InChI is InChI=1S/C22H24N2O8P2/c1-14-18(24-22(32-14)15-5-3-2-4-6-15)9-10-31-17-8-7-16-11-20(23-19(16)12-17)21(34(28,29)30)13-33(25,26)27/h2-8,11-12,21,23H,9-10,13H2,1H3,(H2,25,26,27)(H2,28,29,30). The number of oxazole rings is 1. The zero-order valence-corrected chi connectivity index (χ0v) is 19.9. The van der Waals surface area contributed by atoms with Crippen LogP contribution >= 0.6 is 15.2 Å². The van der Waals surface area contributed by atoms with Crippen molar-refractivity contribution in [3.63, 3.8) is 0 Å². The van der Waals surface area contributed by atoms with Gasteiger partial charge in [-0.2, -0.15) is 0 Å². The van der Waals surface area contributed by atoms with E-state index in [2.05, 4.69) is 9.97 Å². The molecule has 1 unspecified atom stereocenters. The summed E-state index contributed by atoms with van der Waals surface area (Å²) >= 11 is 0. The molecular weight excluding hydrogens is 482 g/mol. The second kappa shape index (κ2) is 9.50. The number of hydrogen-bond acceptors (Lipinski definition) is 5. The van der Waals surface area contributed by atoms with Gasteiger partial charge in [0.1, 0.15) is 17.2 Å². The summed E-state index contributed by atoms with van der Waals surface area (Å²) in [7, 11) is -9.46. The van der Waals surface area contributed by atoms with Gasteiger partial charge in [0.25, 0.3) is 0 Å². The van der Waals surface area contributed by atoms with E-state index in [0.29, 0.717) is 41.3 Å². The summed E-state index contributed by atoms with van der Waals surface area (Å²) in [5, 5.41) is 0.631. The van der Waals surface area contributed by atoms with Crippen LogP contribution in [0.3, 0.4) is 0 Å². The molecule has 0 radical (unpaired) electrons.